The molecule has 0 spiro atoms. The quantitative estimate of drug-likeness (QED) is 0.846. The van der Waals surface area contributed by atoms with Crippen LogP contribution in [0.3, 0.4) is 0 Å². The lowest BCUT2D eigenvalue weighted by atomic mass is 9.92. The number of nitrogens with zero attached hydrogens (tertiary/aromatic N) is 1. The van der Waals surface area contributed by atoms with Crippen molar-refractivity contribution in [3.8, 4) is 0 Å². The molecule has 3 nitrogen and oxygen atoms in total. The van der Waals surface area contributed by atoms with E-state index in [9.17, 15) is 4.79 Å². The maximum atomic E-state index is 12.2. The summed E-state index contributed by atoms with van der Waals surface area (Å²) >= 11 is 1.72. The minimum absolute atomic E-state index is 0.120. The molecular formula is C15H23NO2S. The first-order valence-electron chi connectivity index (χ1n) is 6.97. The van der Waals surface area contributed by atoms with Crippen molar-refractivity contribution < 1.29 is 9.53 Å². The largest absolute Gasteiger partial charge is 0.375 e. The monoisotopic (exact) mass is 281 g/mol. The van der Waals surface area contributed by atoms with E-state index < -0.39 is 0 Å². The number of amides is 1. The van der Waals surface area contributed by atoms with Crippen molar-refractivity contribution in [1.82, 2.24) is 4.90 Å². The highest BCUT2D eigenvalue weighted by Gasteiger charge is 2.33. The third kappa shape index (κ3) is 3.80. The molecule has 0 N–H and O–H groups in total. The zero-order chi connectivity index (χ0) is 13.9. The van der Waals surface area contributed by atoms with E-state index in [4.69, 9.17) is 4.74 Å². The first-order valence-corrected chi connectivity index (χ1v) is 7.85. The van der Waals surface area contributed by atoms with Crippen LogP contribution in [0.5, 0.6) is 0 Å². The van der Waals surface area contributed by atoms with Crippen LogP contribution in [-0.4, -0.2) is 29.1 Å². The summed E-state index contributed by atoms with van der Waals surface area (Å²) in [4.78, 5) is 15.5. The Hall–Kier alpha value is -0.870. The van der Waals surface area contributed by atoms with Crippen LogP contribution in [0.4, 0.5) is 0 Å². The van der Waals surface area contributed by atoms with E-state index in [0.717, 1.165) is 26.0 Å². The number of thiophene rings is 1. The van der Waals surface area contributed by atoms with E-state index in [0.29, 0.717) is 12.5 Å². The average Bonchev–Trinajstić information content (AvgIpc) is 2.86. The van der Waals surface area contributed by atoms with Gasteiger partial charge in [0.05, 0.1) is 12.1 Å². The highest BCUT2D eigenvalue weighted by atomic mass is 32.1. The molecule has 2 rings (SSSR count). The number of rotatable bonds is 4. The molecule has 1 aromatic rings. The zero-order valence-electron chi connectivity index (χ0n) is 12.0. The van der Waals surface area contributed by atoms with E-state index in [2.05, 4.69) is 30.2 Å². The van der Waals surface area contributed by atoms with Crippen LogP contribution in [0, 0.1) is 0 Å². The van der Waals surface area contributed by atoms with Gasteiger partial charge >= 0.3 is 0 Å². The Kier molecular flexibility index (Phi) is 4.63. The molecule has 0 radical (unpaired) electrons. The van der Waals surface area contributed by atoms with Gasteiger partial charge in [-0.25, -0.2) is 0 Å². The maximum Gasteiger partial charge on any atom is 0.222 e. The summed E-state index contributed by atoms with van der Waals surface area (Å²) in [7, 11) is 0. The second-order valence-electron chi connectivity index (χ2n) is 5.71. The first kappa shape index (κ1) is 14.5. The zero-order valence-corrected chi connectivity index (χ0v) is 12.8. The normalized spacial score (nSPS) is 22.2. The van der Waals surface area contributed by atoms with Gasteiger partial charge in [0.15, 0.2) is 0 Å². The van der Waals surface area contributed by atoms with Gasteiger partial charge < -0.3 is 9.64 Å². The van der Waals surface area contributed by atoms with Gasteiger partial charge in [-0.2, -0.15) is 0 Å². The minimum atomic E-state index is -0.120. The maximum absolute atomic E-state index is 12.2. The first-order chi connectivity index (χ1) is 9.02. The van der Waals surface area contributed by atoms with E-state index >= 15 is 0 Å². The fourth-order valence-corrected chi connectivity index (χ4v) is 3.36. The van der Waals surface area contributed by atoms with E-state index in [-0.39, 0.29) is 11.5 Å². The molecule has 1 saturated heterocycles. The number of carbonyl (C=O) groups is 1. The summed E-state index contributed by atoms with van der Waals surface area (Å²) in [6.07, 6.45) is 2.44. The van der Waals surface area contributed by atoms with Crippen molar-refractivity contribution in [2.45, 2.75) is 58.2 Å². The van der Waals surface area contributed by atoms with Gasteiger partial charge in [0.25, 0.3) is 0 Å². The van der Waals surface area contributed by atoms with Gasteiger partial charge in [-0.05, 0) is 38.1 Å². The molecule has 1 atom stereocenters. The van der Waals surface area contributed by atoms with Crippen LogP contribution in [0.1, 0.15) is 44.9 Å². The molecule has 2 heterocycles. The van der Waals surface area contributed by atoms with Gasteiger partial charge in [0.2, 0.25) is 5.91 Å². The Balaban J connectivity index is 2.10. The summed E-state index contributed by atoms with van der Waals surface area (Å²) in [5, 5.41) is 2.07. The smallest absolute Gasteiger partial charge is 0.222 e. The number of hydrogen-bond acceptors (Lipinski definition) is 3. The Bertz CT molecular complexity index is 414. The third-order valence-corrected chi connectivity index (χ3v) is 4.50. The van der Waals surface area contributed by atoms with Crippen molar-refractivity contribution in [1.29, 1.82) is 0 Å². The van der Waals surface area contributed by atoms with E-state index in [1.807, 2.05) is 13.0 Å². The van der Waals surface area contributed by atoms with E-state index in [1.165, 1.54) is 4.88 Å². The van der Waals surface area contributed by atoms with Crippen molar-refractivity contribution in [3.05, 3.63) is 22.4 Å². The second kappa shape index (κ2) is 6.06. The topological polar surface area (TPSA) is 29.5 Å². The lowest BCUT2D eigenvalue weighted by Gasteiger charge is -2.41. The predicted octanol–water partition coefficient (Wildman–Crippen LogP) is 3.44. The molecule has 1 aliphatic heterocycles. The molecule has 0 aliphatic carbocycles. The highest BCUT2D eigenvalue weighted by molar-refractivity contribution is 7.09. The van der Waals surface area contributed by atoms with Crippen LogP contribution >= 0.6 is 11.3 Å². The predicted molar refractivity (Wildman–Crippen MR) is 78.2 cm³/mol. The summed E-state index contributed by atoms with van der Waals surface area (Å²) in [6, 6.07) is 4.45. The minimum Gasteiger partial charge on any atom is -0.375 e. The Labute approximate surface area is 119 Å². The molecule has 1 amide bonds. The molecule has 19 heavy (non-hydrogen) atoms. The molecule has 1 fully saturated rings. The summed E-state index contributed by atoms with van der Waals surface area (Å²) in [5.41, 5.74) is -0.120. The fourth-order valence-electron chi connectivity index (χ4n) is 2.66. The molecular weight excluding hydrogens is 258 g/mol. The third-order valence-electron chi connectivity index (χ3n) is 3.64. The van der Waals surface area contributed by atoms with Gasteiger partial charge in [-0.3, -0.25) is 4.79 Å². The lowest BCUT2D eigenvalue weighted by Crippen LogP contribution is -2.47. The van der Waals surface area contributed by atoms with Gasteiger partial charge in [0.1, 0.15) is 0 Å². The highest BCUT2D eigenvalue weighted by Crippen LogP contribution is 2.29. The average molecular weight is 281 g/mol. The van der Waals surface area contributed by atoms with Gasteiger partial charge in [-0.15, -0.1) is 11.3 Å². The van der Waals surface area contributed by atoms with Crippen LogP contribution in [-0.2, 0) is 16.1 Å². The van der Waals surface area contributed by atoms with Crippen molar-refractivity contribution in [3.63, 3.8) is 0 Å². The Morgan fingerprint density at radius 2 is 2.37 bits per heavy atom. The second-order valence-corrected chi connectivity index (χ2v) is 6.74. The van der Waals surface area contributed by atoms with Crippen LogP contribution in [0.2, 0.25) is 0 Å². The molecule has 0 unspecified atom stereocenters. The molecule has 0 bridgehead atoms. The standard InChI is InChI=1S/C15H23NO2S/c1-4-14(17)16(11-13-6-5-9-19-13)12-7-8-18-15(2,3)10-12/h5-6,9,12H,4,7-8,10-11H2,1-3H3/t12-/m1/s1. The summed E-state index contributed by atoms with van der Waals surface area (Å²) in [5.74, 6) is 0.246. The van der Waals surface area contributed by atoms with Crippen molar-refractivity contribution >= 4 is 17.2 Å². The van der Waals surface area contributed by atoms with Crippen LogP contribution < -0.4 is 0 Å². The molecule has 1 aliphatic rings. The van der Waals surface area contributed by atoms with Gasteiger partial charge in [0, 0.05) is 23.9 Å². The summed E-state index contributed by atoms with van der Waals surface area (Å²) in [6.45, 7) is 7.65. The van der Waals surface area contributed by atoms with E-state index in [1.54, 1.807) is 11.3 Å². The number of hydrogen-bond donors (Lipinski definition) is 0. The number of carbonyl (C=O) groups excluding carboxylic acids is 1. The molecule has 1 aromatic heterocycles. The fraction of sp³-hybridized carbons (Fsp3) is 0.667. The van der Waals surface area contributed by atoms with Crippen LogP contribution in [0.15, 0.2) is 17.5 Å². The van der Waals surface area contributed by atoms with Crippen LogP contribution in [0.25, 0.3) is 0 Å². The molecule has 0 aromatic carbocycles. The molecule has 0 saturated carbocycles. The molecule has 106 valence electrons. The molecule has 4 heteroatoms. The van der Waals surface area contributed by atoms with Gasteiger partial charge in [-0.1, -0.05) is 13.0 Å². The van der Waals surface area contributed by atoms with Crippen molar-refractivity contribution in [2.24, 2.45) is 0 Å². The Morgan fingerprint density at radius 3 is 2.95 bits per heavy atom. The SMILES string of the molecule is CCC(=O)N(Cc1cccs1)[C@@H]1CCOC(C)(C)C1. The summed E-state index contributed by atoms with van der Waals surface area (Å²) < 4.78 is 5.76. The van der Waals surface area contributed by atoms with Crippen molar-refractivity contribution in [2.75, 3.05) is 6.61 Å². The number of ether oxygens (including phenoxy) is 1. The Morgan fingerprint density at radius 1 is 1.58 bits per heavy atom. The lowest BCUT2D eigenvalue weighted by molar-refractivity contribution is -0.140.